The van der Waals surface area contributed by atoms with Crippen LogP contribution in [0.1, 0.15) is 25.3 Å². The number of hydrogen-bond acceptors (Lipinski definition) is 5. The molecule has 0 amide bonds. The topological polar surface area (TPSA) is 90.2 Å². The summed E-state index contributed by atoms with van der Waals surface area (Å²) in [4.78, 5) is 4.50. The molecule has 0 radical (unpaired) electrons. The molecule has 1 heterocycles. The number of hydrogen-bond donors (Lipinski definition) is 2. The van der Waals surface area contributed by atoms with Crippen LogP contribution in [0, 0.1) is 5.92 Å². The minimum atomic E-state index is -3.47. The van der Waals surface area contributed by atoms with Gasteiger partial charge in [-0.05, 0) is 55.2 Å². The first kappa shape index (κ1) is 18.4. The van der Waals surface area contributed by atoms with E-state index in [4.69, 9.17) is 0 Å². The molecule has 1 aliphatic rings. The Labute approximate surface area is 153 Å². The summed E-state index contributed by atoms with van der Waals surface area (Å²) in [6, 6.07) is 10.6. The normalized spacial score (nSPS) is 17.0. The van der Waals surface area contributed by atoms with Gasteiger partial charge < -0.3 is 10.2 Å². The third kappa shape index (κ3) is 4.05. The summed E-state index contributed by atoms with van der Waals surface area (Å²) in [5, 5.41) is 19.0. The highest BCUT2D eigenvalue weighted by Crippen LogP contribution is 2.25. The van der Waals surface area contributed by atoms with Gasteiger partial charge in [-0.1, -0.05) is 6.92 Å². The molecule has 2 aromatic carbocycles. The number of piperidine rings is 1. The molecule has 2 N–H and O–H groups in total. The molecule has 138 valence electrons. The van der Waals surface area contributed by atoms with Gasteiger partial charge in [0.25, 0.3) is 0 Å². The number of phenols is 2. The van der Waals surface area contributed by atoms with Gasteiger partial charge in [0.2, 0.25) is 10.0 Å². The van der Waals surface area contributed by atoms with Crippen LogP contribution in [-0.2, 0) is 10.0 Å². The van der Waals surface area contributed by atoms with E-state index in [1.165, 1.54) is 18.3 Å². The van der Waals surface area contributed by atoms with Crippen molar-refractivity contribution < 1.29 is 18.6 Å². The van der Waals surface area contributed by atoms with Crippen LogP contribution in [0.4, 0.5) is 5.69 Å². The van der Waals surface area contributed by atoms with Gasteiger partial charge >= 0.3 is 0 Å². The Morgan fingerprint density at radius 1 is 1.08 bits per heavy atom. The predicted octanol–water partition coefficient (Wildman–Crippen LogP) is 3.27. The maximum Gasteiger partial charge on any atom is 0.243 e. The van der Waals surface area contributed by atoms with Gasteiger partial charge in [0, 0.05) is 30.9 Å². The zero-order chi connectivity index (χ0) is 18.7. The number of rotatable bonds is 4. The lowest BCUT2D eigenvalue weighted by molar-refractivity contribution is 0.288. The molecule has 6 nitrogen and oxygen atoms in total. The fraction of sp³-hybridized carbons (Fsp3) is 0.316. The van der Waals surface area contributed by atoms with Crippen LogP contribution >= 0.6 is 0 Å². The highest BCUT2D eigenvalue weighted by molar-refractivity contribution is 7.89. The second-order valence-corrected chi connectivity index (χ2v) is 8.52. The van der Waals surface area contributed by atoms with E-state index in [2.05, 4.69) is 11.9 Å². The van der Waals surface area contributed by atoms with Crippen molar-refractivity contribution in [3.63, 3.8) is 0 Å². The van der Waals surface area contributed by atoms with Crippen LogP contribution in [-0.4, -0.2) is 42.2 Å². The van der Waals surface area contributed by atoms with Crippen molar-refractivity contribution in [1.82, 2.24) is 4.31 Å². The Morgan fingerprint density at radius 2 is 1.73 bits per heavy atom. The Bertz CT molecular complexity index is 900. The Hall–Kier alpha value is -2.38. The average molecular weight is 374 g/mol. The molecule has 0 atom stereocenters. The lowest BCUT2D eigenvalue weighted by atomic mass is 10.0. The van der Waals surface area contributed by atoms with E-state index in [0.717, 1.165) is 12.8 Å². The monoisotopic (exact) mass is 374 g/mol. The molecule has 1 aliphatic heterocycles. The minimum Gasteiger partial charge on any atom is -0.508 e. The van der Waals surface area contributed by atoms with E-state index in [1.54, 1.807) is 34.6 Å². The van der Waals surface area contributed by atoms with Crippen LogP contribution < -0.4 is 0 Å². The quantitative estimate of drug-likeness (QED) is 0.804. The second-order valence-electron chi connectivity index (χ2n) is 6.58. The molecule has 3 rings (SSSR count). The van der Waals surface area contributed by atoms with E-state index in [0.29, 0.717) is 30.3 Å². The number of nitrogens with zero attached hydrogens (tertiary/aromatic N) is 2. The summed E-state index contributed by atoms with van der Waals surface area (Å²) in [6.45, 7) is 3.26. The van der Waals surface area contributed by atoms with Gasteiger partial charge in [-0.3, -0.25) is 4.99 Å². The second kappa shape index (κ2) is 7.47. The molecule has 0 spiro atoms. The zero-order valence-electron chi connectivity index (χ0n) is 14.5. The maximum atomic E-state index is 12.7. The van der Waals surface area contributed by atoms with Crippen molar-refractivity contribution in [2.75, 3.05) is 13.1 Å². The third-order valence-corrected chi connectivity index (χ3v) is 6.50. The van der Waals surface area contributed by atoms with E-state index in [1.807, 2.05) is 0 Å². The molecular formula is C19H22N2O4S. The lowest BCUT2D eigenvalue weighted by Gasteiger charge is -2.29. The van der Waals surface area contributed by atoms with Crippen molar-refractivity contribution in [3.05, 3.63) is 48.0 Å². The van der Waals surface area contributed by atoms with Crippen molar-refractivity contribution in [1.29, 1.82) is 0 Å². The summed E-state index contributed by atoms with van der Waals surface area (Å²) >= 11 is 0. The smallest absolute Gasteiger partial charge is 0.243 e. The molecule has 7 heteroatoms. The standard InChI is InChI=1S/C19H22N2O4S/c1-14-8-10-21(11-9-14)26(24,25)18-6-3-16(4-7-18)20-13-15-2-5-17(22)12-19(15)23/h2-7,12-14,22-23H,8-11H2,1H3. The number of aromatic hydroxyl groups is 2. The first-order valence-corrected chi connectivity index (χ1v) is 9.96. The van der Waals surface area contributed by atoms with E-state index >= 15 is 0 Å². The number of aliphatic imine (C=N–C) groups is 1. The molecule has 0 aromatic heterocycles. The van der Waals surface area contributed by atoms with E-state index < -0.39 is 10.0 Å². The summed E-state index contributed by atoms with van der Waals surface area (Å²) in [5.41, 5.74) is 1.03. The number of benzene rings is 2. The average Bonchev–Trinajstić information content (AvgIpc) is 2.62. The van der Waals surface area contributed by atoms with Gasteiger partial charge in [0.1, 0.15) is 11.5 Å². The summed E-state index contributed by atoms with van der Waals surface area (Å²) < 4.78 is 26.9. The molecule has 1 saturated heterocycles. The third-order valence-electron chi connectivity index (χ3n) is 4.58. The van der Waals surface area contributed by atoms with Gasteiger partial charge in [-0.2, -0.15) is 4.31 Å². The van der Waals surface area contributed by atoms with Gasteiger partial charge in [0.05, 0.1) is 10.6 Å². The highest BCUT2D eigenvalue weighted by Gasteiger charge is 2.27. The van der Waals surface area contributed by atoms with Crippen LogP contribution in [0.15, 0.2) is 52.4 Å². The fourth-order valence-electron chi connectivity index (χ4n) is 2.86. The lowest BCUT2D eigenvalue weighted by Crippen LogP contribution is -2.37. The molecule has 0 unspecified atom stereocenters. The van der Waals surface area contributed by atoms with E-state index in [-0.39, 0.29) is 16.4 Å². The van der Waals surface area contributed by atoms with Gasteiger partial charge in [-0.15, -0.1) is 0 Å². The Balaban J connectivity index is 1.74. The predicted molar refractivity (Wildman–Crippen MR) is 101 cm³/mol. The first-order valence-electron chi connectivity index (χ1n) is 8.52. The Morgan fingerprint density at radius 3 is 2.35 bits per heavy atom. The summed E-state index contributed by atoms with van der Waals surface area (Å²) in [5.74, 6) is 0.461. The first-order chi connectivity index (χ1) is 12.4. The number of phenolic OH excluding ortho intramolecular Hbond substituents is 2. The number of sulfonamides is 1. The van der Waals surface area contributed by atoms with Gasteiger partial charge in [-0.25, -0.2) is 8.42 Å². The molecule has 0 bridgehead atoms. The van der Waals surface area contributed by atoms with Crippen LogP contribution in [0.25, 0.3) is 0 Å². The largest absolute Gasteiger partial charge is 0.508 e. The molecule has 0 saturated carbocycles. The SMILES string of the molecule is CC1CCN(S(=O)(=O)c2ccc(N=Cc3ccc(O)cc3O)cc2)CC1. The molecule has 26 heavy (non-hydrogen) atoms. The summed E-state index contributed by atoms with van der Waals surface area (Å²) in [6.07, 6.45) is 3.24. The van der Waals surface area contributed by atoms with E-state index in [9.17, 15) is 18.6 Å². The fourth-order valence-corrected chi connectivity index (χ4v) is 4.33. The zero-order valence-corrected chi connectivity index (χ0v) is 15.4. The minimum absolute atomic E-state index is 0.0266. The van der Waals surface area contributed by atoms with Gasteiger partial charge in [0.15, 0.2) is 0 Å². The highest BCUT2D eigenvalue weighted by atomic mass is 32.2. The molecule has 0 aliphatic carbocycles. The molecule has 2 aromatic rings. The van der Waals surface area contributed by atoms with Crippen LogP contribution in [0.5, 0.6) is 11.5 Å². The van der Waals surface area contributed by atoms with Crippen molar-refractivity contribution >= 4 is 21.9 Å². The van der Waals surface area contributed by atoms with Crippen LogP contribution in [0.2, 0.25) is 0 Å². The molecular weight excluding hydrogens is 352 g/mol. The Kier molecular flexibility index (Phi) is 5.29. The molecule has 1 fully saturated rings. The maximum absolute atomic E-state index is 12.7. The van der Waals surface area contributed by atoms with Crippen molar-refractivity contribution in [3.8, 4) is 11.5 Å². The van der Waals surface area contributed by atoms with Crippen molar-refractivity contribution in [2.24, 2.45) is 10.9 Å². The van der Waals surface area contributed by atoms with Crippen molar-refractivity contribution in [2.45, 2.75) is 24.7 Å². The van der Waals surface area contributed by atoms with Crippen LogP contribution in [0.3, 0.4) is 0 Å². The summed E-state index contributed by atoms with van der Waals surface area (Å²) in [7, 11) is -3.47.